The smallest absolute Gasteiger partial charge is 0.251 e. The molecule has 0 aliphatic carbocycles. The highest BCUT2D eigenvalue weighted by molar-refractivity contribution is 5.94. The van der Waals surface area contributed by atoms with Crippen molar-refractivity contribution < 1.29 is 9.59 Å². The minimum absolute atomic E-state index is 0.133. The molecule has 0 spiro atoms. The molecule has 5 heteroatoms. The van der Waals surface area contributed by atoms with Crippen LogP contribution >= 0.6 is 0 Å². The fourth-order valence-corrected chi connectivity index (χ4v) is 2.31. The first kappa shape index (κ1) is 18.9. The number of allylic oxidation sites excluding steroid dienone is 1. The number of nitriles is 1. The molecule has 0 bridgehead atoms. The van der Waals surface area contributed by atoms with Gasteiger partial charge < -0.3 is 10.6 Å². The summed E-state index contributed by atoms with van der Waals surface area (Å²) in [5.41, 5.74) is 3.83. The fraction of sp³-hybridized carbons (Fsp3) is 0.190. The molecule has 0 aromatic heterocycles. The summed E-state index contributed by atoms with van der Waals surface area (Å²) in [4.78, 5) is 23.8. The van der Waals surface area contributed by atoms with E-state index in [1.165, 1.54) is 0 Å². The number of carbonyl (C=O) groups is 2. The molecule has 0 atom stereocenters. The lowest BCUT2D eigenvalue weighted by molar-refractivity contribution is -0.116. The molecule has 26 heavy (non-hydrogen) atoms. The maximum atomic E-state index is 12.2. The highest BCUT2D eigenvalue weighted by Crippen LogP contribution is 2.07. The van der Waals surface area contributed by atoms with Gasteiger partial charge in [-0.3, -0.25) is 9.59 Å². The summed E-state index contributed by atoms with van der Waals surface area (Å²) in [5, 5.41) is 14.5. The Bertz CT molecular complexity index is 858. The van der Waals surface area contributed by atoms with Crippen LogP contribution in [-0.4, -0.2) is 11.8 Å². The van der Waals surface area contributed by atoms with Gasteiger partial charge in [0.05, 0.1) is 11.6 Å². The van der Waals surface area contributed by atoms with Crippen LogP contribution in [0.4, 0.5) is 0 Å². The van der Waals surface area contributed by atoms with Crippen molar-refractivity contribution in [3.05, 3.63) is 82.4 Å². The maximum Gasteiger partial charge on any atom is 0.251 e. The molecule has 5 nitrogen and oxygen atoms in total. The number of hydrogen-bond donors (Lipinski definition) is 2. The minimum Gasteiger partial charge on any atom is -0.348 e. The normalized spacial score (nSPS) is 9.73. The van der Waals surface area contributed by atoms with E-state index in [1.54, 1.807) is 36.4 Å². The molecular formula is C21H21N3O2. The topological polar surface area (TPSA) is 82.0 Å². The average Bonchev–Trinajstić information content (AvgIpc) is 2.64. The molecule has 0 aliphatic rings. The van der Waals surface area contributed by atoms with Crippen LogP contribution in [0.15, 0.2) is 60.2 Å². The molecule has 2 rings (SSSR count). The monoisotopic (exact) mass is 347 g/mol. The number of nitrogens with zero attached hydrogens (tertiary/aromatic N) is 1. The Morgan fingerprint density at radius 2 is 1.69 bits per heavy atom. The summed E-state index contributed by atoms with van der Waals surface area (Å²) in [5.74, 6) is -0.320. The van der Waals surface area contributed by atoms with Gasteiger partial charge in [-0.2, -0.15) is 5.26 Å². The number of carbonyl (C=O) groups excluding carboxylic acids is 2. The molecule has 132 valence electrons. The molecule has 2 aromatic carbocycles. The molecule has 0 heterocycles. The van der Waals surface area contributed by atoms with Crippen LogP contribution < -0.4 is 10.6 Å². The van der Waals surface area contributed by atoms with E-state index in [-0.39, 0.29) is 11.8 Å². The van der Waals surface area contributed by atoms with Crippen LogP contribution in [-0.2, 0) is 17.9 Å². The van der Waals surface area contributed by atoms with E-state index in [4.69, 9.17) is 5.26 Å². The van der Waals surface area contributed by atoms with Gasteiger partial charge in [-0.1, -0.05) is 29.8 Å². The van der Waals surface area contributed by atoms with E-state index < -0.39 is 0 Å². The number of nitrogens with one attached hydrogen (secondary N) is 2. The van der Waals surface area contributed by atoms with Gasteiger partial charge >= 0.3 is 0 Å². The SMILES string of the molecule is CC(C)=CC(=O)NCc1ccc(C(=O)NCc2cccc(C#N)c2)cc1. The highest BCUT2D eigenvalue weighted by atomic mass is 16.2. The standard InChI is InChI=1S/C21H21N3O2/c1-15(2)10-20(25)23-13-16-6-8-19(9-7-16)21(26)24-14-18-5-3-4-17(11-18)12-22/h3-11H,13-14H2,1-2H3,(H,23,25)(H,24,26). The van der Waals surface area contributed by atoms with Crippen molar-refractivity contribution in [2.24, 2.45) is 0 Å². The molecule has 2 N–H and O–H groups in total. The number of benzene rings is 2. The van der Waals surface area contributed by atoms with E-state index in [0.717, 1.165) is 16.7 Å². The summed E-state index contributed by atoms with van der Waals surface area (Å²) in [7, 11) is 0. The largest absolute Gasteiger partial charge is 0.348 e. The van der Waals surface area contributed by atoms with E-state index in [1.807, 2.05) is 32.0 Å². The van der Waals surface area contributed by atoms with Gasteiger partial charge in [0.25, 0.3) is 5.91 Å². The van der Waals surface area contributed by atoms with Crippen molar-refractivity contribution in [2.75, 3.05) is 0 Å². The summed E-state index contributed by atoms with van der Waals surface area (Å²) in [6.07, 6.45) is 1.54. The van der Waals surface area contributed by atoms with Crippen molar-refractivity contribution in [1.29, 1.82) is 5.26 Å². The average molecular weight is 347 g/mol. The van der Waals surface area contributed by atoms with Crippen molar-refractivity contribution in [3.8, 4) is 6.07 Å². The third kappa shape index (κ3) is 5.91. The Balaban J connectivity index is 1.89. The van der Waals surface area contributed by atoms with Gasteiger partial charge in [0, 0.05) is 24.7 Å². The van der Waals surface area contributed by atoms with Gasteiger partial charge in [-0.15, -0.1) is 0 Å². The van der Waals surface area contributed by atoms with E-state index in [2.05, 4.69) is 16.7 Å². The van der Waals surface area contributed by atoms with Crippen molar-refractivity contribution >= 4 is 11.8 Å². The lowest BCUT2D eigenvalue weighted by Crippen LogP contribution is -2.23. The summed E-state index contributed by atoms with van der Waals surface area (Å²) >= 11 is 0. The van der Waals surface area contributed by atoms with Crippen LogP contribution in [0.2, 0.25) is 0 Å². The lowest BCUT2D eigenvalue weighted by atomic mass is 10.1. The molecule has 0 radical (unpaired) electrons. The van der Waals surface area contributed by atoms with Crippen LogP contribution in [0.5, 0.6) is 0 Å². The van der Waals surface area contributed by atoms with Crippen LogP contribution in [0, 0.1) is 11.3 Å². The number of amides is 2. The van der Waals surface area contributed by atoms with E-state index in [0.29, 0.717) is 24.2 Å². The Hall–Kier alpha value is -3.39. The van der Waals surface area contributed by atoms with Crippen molar-refractivity contribution in [2.45, 2.75) is 26.9 Å². The van der Waals surface area contributed by atoms with Crippen molar-refractivity contribution in [1.82, 2.24) is 10.6 Å². The predicted molar refractivity (Wildman–Crippen MR) is 100 cm³/mol. The van der Waals surface area contributed by atoms with E-state index in [9.17, 15) is 9.59 Å². The Morgan fingerprint density at radius 1 is 1.00 bits per heavy atom. The molecule has 0 saturated carbocycles. The first-order chi connectivity index (χ1) is 12.5. The van der Waals surface area contributed by atoms with Crippen molar-refractivity contribution in [3.63, 3.8) is 0 Å². The van der Waals surface area contributed by atoms with E-state index >= 15 is 0 Å². The third-order valence-corrected chi connectivity index (χ3v) is 3.61. The maximum absolute atomic E-state index is 12.2. The molecule has 0 fully saturated rings. The zero-order valence-electron chi connectivity index (χ0n) is 14.9. The third-order valence-electron chi connectivity index (χ3n) is 3.61. The Labute approximate surface area is 153 Å². The zero-order chi connectivity index (χ0) is 18.9. The first-order valence-corrected chi connectivity index (χ1v) is 8.27. The van der Waals surface area contributed by atoms with Gasteiger partial charge in [0.2, 0.25) is 5.91 Å². The first-order valence-electron chi connectivity index (χ1n) is 8.27. The van der Waals surface area contributed by atoms with Crippen LogP contribution in [0.1, 0.15) is 40.9 Å². The summed E-state index contributed by atoms with van der Waals surface area (Å²) in [6.45, 7) is 4.49. The predicted octanol–water partition coefficient (Wildman–Crippen LogP) is 3.07. The van der Waals surface area contributed by atoms with Gasteiger partial charge in [0.1, 0.15) is 0 Å². The second-order valence-electron chi connectivity index (χ2n) is 6.13. The molecule has 2 aromatic rings. The van der Waals surface area contributed by atoms with Crippen LogP contribution in [0.25, 0.3) is 0 Å². The Morgan fingerprint density at radius 3 is 2.35 bits per heavy atom. The fourth-order valence-electron chi connectivity index (χ4n) is 2.31. The molecular weight excluding hydrogens is 326 g/mol. The van der Waals surface area contributed by atoms with Gasteiger partial charge in [-0.25, -0.2) is 0 Å². The Kier molecular flexibility index (Phi) is 6.69. The molecule has 2 amide bonds. The lowest BCUT2D eigenvalue weighted by Gasteiger charge is -2.07. The second-order valence-corrected chi connectivity index (χ2v) is 6.13. The zero-order valence-corrected chi connectivity index (χ0v) is 14.9. The summed E-state index contributed by atoms with van der Waals surface area (Å²) in [6, 6.07) is 16.3. The molecule has 0 aliphatic heterocycles. The minimum atomic E-state index is -0.188. The van der Waals surface area contributed by atoms with Gasteiger partial charge in [0.15, 0.2) is 0 Å². The summed E-state index contributed by atoms with van der Waals surface area (Å²) < 4.78 is 0. The molecule has 0 saturated heterocycles. The van der Waals surface area contributed by atoms with Crippen LogP contribution in [0.3, 0.4) is 0 Å². The second kappa shape index (κ2) is 9.19. The number of rotatable bonds is 6. The van der Waals surface area contributed by atoms with Gasteiger partial charge in [-0.05, 0) is 49.2 Å². The quantitative estimate of drug-likeness (QED) is 0.788. The number of hydrogen-bond acceptors (Lipinski definition) is 3. The highest BCUT2D eigenvalue weighted by Gasteiger charge is 2.06. The molecule has 0 unspecified atom stereocenters.